The third-order valence-electron chi connectivity index (χ3n) is 7.72. The molecule has 3 aromatic carbocycles. The zero-order valence-electron chi connectivity index (χ0n) is 24.9. The number of imide groups is 1. The molecule has 2 aliphatic rings. The lowest BCUT2D eigenvalue weighted by molar-refractivity contribution is -0.169. The van der Waals surface area contributed by atoms with Crippen LogP contribution in [0.2, 0.25) is 0 Å². The van der Waals surface area contributed by atoms with E-state index in [1.54, 1.807) is 24.3 Å². The Morgan fingerprint density at radius 2 is 1.42 bits per heavy atom. The zero-order chi connectivity index (χ0) is 31.9. The monoisotopic (exact) mass is 736 g/mol. The Hall–Kier alpha value is -3.69. The maximum Gasteiger partial charge on any atom is 0.330 e. The Morgan fingerprint density at radius 3 is 1.96 bits per heavy atom. The van der Waals surface area contributed by atoms with Gasteiger partial charge in [0.2, 0.25) is 0 Å². The van der Waals surface area contributed by atoms with Crippen LogP contribution in [0, 0.1) is 3.57 Å². The number of amides is 2. The van der Waals surface area contributed by atoms with Crippen molar-refractivity contribution in [2.75, 3.05) is 6.61 Å². The van der Waals surface area contributed by atoms with E-state index in [1.165, 1.54) is 10.8 Å². The van der Waals surface area contributed by atoms with Gasteiger partial charge in [-0.3, -0.25) is 28.8 Å². The minimum Gasteiger partial charge on any atom is -0.373 e. The second kappa shape index (κ2) is 12.2. The number of H-pyrrole nitrogens is 1. The Bertz CT molecular complexity index is 1780. The van der Waals surface area contributed by atoms with Gasteiger partial charge in [0.1, 0.15) is 17.6 Å². The fourth-order valence-electron chi connectivity index (χ4n) is 5.74. The molecule has 0 unspecified atom stereocenters. The van der Waals surface area contributed by atoms with Gasteiger partial charge in [0.05, 0.1) is 26.9 Å². The van der Waals surface area contributed by atoms with Crippen LogP contribution in [0.15, 0.2) is 101 Å². The number of hydroxylamine groups is 2. The summed E-state index contributed by atoms with van der Waals surface area (Å²) in [7, 11) is -2.08. The number of halogens is 1. The van der Waals surface area contributed by atoms with E-state index in [2.05, 4.69) is 4.98 Å². The summed E-state index contributed by atoms with van der Waals surface area (Å²) < 4.78 is 15.0. The Morgan fingerprint density at radius 1 is 0.889 bits per heavy atom. The first-order chi connectivity index (χ1) is 21.5. The highest BCUT2D eigenvalue weighted by molar-refractivity contribution is 14.1. The number of hydrogen-bond donors (Lipinski definition) is 1. The van der Waals surface area contributed by atoms with Crippen LogP contribution in [0.5, 0.6) is 0 Å². The van der Waals surface area contributed by atoms with Gasteiger partial charge in [0, 0.05) is 12.6 Å². The molecule has 0 aliphatic carbocycles. The van der Waals surface area contributed by atoms with Gasteiger partial charge < -0.3 is 9.47 Å². The summed E-state index contributed by atoms with van der Waals surface area (Å²) in [4.78, 5) is 61.8. The van der Waals surface area contributed by atoms with E-state index in [0.717, 1.165) is 15.4 Å². The third-order valence-corrected chi connectivity index (χ3v) is 11.7. The first-order valence-corrected chi connectivity index (χ1v) is 17.0. The molecule has 1 aromatic heterocycles. The summed E-state index contributed by atoms with van der Waals surface area (Å²) in [5.74, 6) is -1.15. The van der Waals surface area contributed by atoms with E-state index in [4.69, 9.17) is 14.3 Å². The highest BCUT2D eigenvalue weighted by Gasteiger charge is 2.57. The molecular weight excluding hydrogens is 705 g/mol. The molecule has 10 nitrogen and oxygen atoms in total. The average Bonchev–Trinajstić information content (AvgIpc) is 3.50. The van der Waals surface area contributed by atoms with Gasteiger partial charge in [-0.05, 0) is 55.5 Å². The Balaban J connectivity index is 1.53. The van der Waals surface area contributed by atoms with Crippen LogP contribution in [0.3, 0.4) is 0 Å². The second-order valence-corrected chi connectivity index (χ2v) is 15.7. The molecule has 2 amide bonds. The number of carbonyl (C=O) groups is 2. The number of rotatable bonds is 8. The SMILES string of the molecule is CC(C)(C)OC[C@H]1O[C@](n2cc(I)c(=O)[nH]c2=O)([Si](c2ccccc2)c2ccccc2)C[C@@H]1ON1C(=O)c2ccccc2C1=O. The number of ether oxygens (including phenoxy) is 2. The normalized spacial score (nSPS) is 21.5. The largest absolute Gasteiger partial charge is 0.373 e. The van der Waals surface area contributed by atoms with E-state index < -0.39 is 55.0 Å². The number of aromatic amines is 1. The van der Waals surface area contributed by atoms with E-state index in [0.29, 0.717) is 3.57 Å². The summed E-state index contributed by atoms with van der Waals surface area (Å²) in [5.41, 5.74) is -1.21. The summed E-state index contributed by atoms with van der Waals surface area (Å²) >= 11 is 1.89. The highest BCUT2D eigenvalue weighted by atomic mass is 127. The van der Waals surface area contributed by atoms with Crippen molar-refractivity contribution >= 4 is 53.6 Å². The smallest absolute Gasteiger partial charge is 0.330 e. The topological polar surface area (TPSA) is 120 Å². The van der Waals surface area contributed by atoms with E-state index in [-0.39, 0.29) is 24.2 Å². The average molecular weight is 737 g/mol. The molecule has 1 radical (unpaired) electrons. The molecule has 0 saturated carbocycles. The van der Waals surface area contributed by atoms with Gasteiger partial charge in [-0.2, -0.15) is 0 Å². The summed E-state index contributed by atoms with van der Waals surface area (Å²) in [6.07, 6.45) is -0.126. The van der Waals surface area contributed by atoms with Crippen molar-refractivity contribution in [3.63, 3.8) is 0 Å². The fourth-order valence-corrected chi connectivity index (χ4v) is 9.52. The van der Waals surface area contributed by atoms with Crippen molar-refractivity contribution in [3.05, 3.63) is 127 Å². The number of benzene rings is 3. The number of fused-ring (bicyclic) bond motifs is 1. The van der Waals surface area contributed by atoms with Gasteiger partial charge >= 0.3 is 5.69 Å². The molecule has 1 fully saturated rings. The van der Waals surface area contributed by atoms with E-state index in [1.807, 2.05) is 104 Å². The molecule has 231 valence electrons. The second-order valence-electron chi connectivity index (χ2n) is 11.9. The van der Waals surface area contributed by atoms with Crippen molar-refractivity contribution in [2.24, 2.45) is 0 Å². The number of nitrogens with one attached hydrogen (secondary N) is 1. The van der Waals surface area contributed by atoms with Crippen LogP contribution in [0.1, 0.15) is 47.9 Å². The van der Waals surface area contributed by atoms with Crippen LogP contribution in [0.25, 0.3) is 0 Å². The van der Waals surface area contributed by atoms with Gasteiger partial charge in [0.15, 0.2) is 8.80 Å². The standard InChI is InChI=1S/C33H31IN3O7Si/c1-32(2,3)42-20-27-26(44-37-29(39)23-16-10-11-17-24(23)30(37)40)18-33(43-27,36-19-25(34)28(38)35-31(36)41)45(21-12-6-4-7-13-21)22-14-8-5-9-15-22/h4-17,19,26-27H,18,20H2,1-3H3,(H,35,38,41)/t26-,27+,33-/m0/s1. The molecule has 12 heteroatoms. The molecule has 4 aromatic rings. The lowest BCUT2D eigenvalue weighted by Crippen LogP contribution is -2.64. The van der Waals surface area contributed by atoms with Crippen LogP contribution in [0.4, 0.5) is 0 Å². The first kappa shape index (κ1) is 31.3. The molecular formula is C33H31IN3O7Si. The minimum atomic E-state index is -2.08. The lowest BCUT2D eigenvalue weighted by atomic mass is 10.1. The molecule has 6 rings (SSSR count). The molecule has 0 spiro atoms. The van der Waals surface area contributed by atoms with Crippen molar-refractivity contribution in [1.29, 1.82) is 0 Å². The zero-order valence-corrected chi connectivity index (χ0v) is 28.0. The fraction of sp³-hybridized carbons (Fsp3) is 0.273. The summed E-state index contributed by atoms with van der Waals surface area (Å²) in [6, 6.07) is 26.1. The molecule has 1 N–H and O–H groups in total. The third kappa shape index (κ3) is 6.00. The predicted molar refractivity (Wildman–Crippen MR) is 177 cm³/mol. The van der Waals surface area contributed by atoms with Gasteiger partial charge in [-0.1, -0.05) is 83.2 Å². The summed E-state index contributed by atoms with van der Waals surface area (Å²) in [5, 5.41) is 1.29. The number of aromatic nitrogens is 2. The van der Waals surface area contributed by atoms with E-state index in [9.17, 15) is 19.2 Å². The van der Waals surface area contributed by atoms with Gasteiger partial charge in [0.25, 0.3) is 17.4 Å². The maximum absolute atomic E-state index is 13.7. The van der Waals surface area contributed by atoms with Crippen LogP contribution in [-0.4, -0.2) is 59.6 Å². The molecule has 3 heterocycles. The lowest BCUT2D eigenvalue weighted by Gasteiger charge is -2.38. The number of carbonyl (C=O) groups excluding carboxylic acids is 2. The molecule has 1 saturated heterocycles. The van der Waals surface area contributed by atoms with Crippen LogP contribution < -0.4 is 21.6 Å². The van der Waals surface area contributed by atoms with Gasteiger partial charge in [-0.15, -0.1) is 5.06 Å². The van der Waals surface area contributed by atoms with Crippen molar-refractivity contribution in [1.82, 2.24) is 14.6 Å². The molecule has 2 aliphatic heterocycles. The van der Waals surface area contributed by atoms with Crippen molar-refractivity contribution < 1.29 is 23.9 Å². The minimum absolute atomic E-state index is 0.0486. The van der Waals surface area contributed by atoms with Crippen LogP contribution >= 0.6 is 22.6 Å². The number of hydrogen-bond acceptors (Lipinski definition) is 7. The number of nitrogens with zero attached hydrogens (tertiary/aromatic N) is 2. The van der Waals surface area contributed by atoms with Crippen LogP contribution in [-0.2, 0) is 19.7 Å². The Kier molecular flexibility index (Phi) is 8.52. The van der Waals surface area contributed by atoms with Gasteiger partial charge in [-0.25, -0.2) is 4.79 Å². The molecule has 3 atom stereocenters. The Labute approximate surface area is 274 Å². The highest BCUT2D eigenvalue weighted by Crippen LogP contribution is 2.40. The predicted octanol–water partition coefficient (Wildman–Crippen LogP) is 2.84. The molecule has 0 bridgehead atoms. The summed E-state index contributed by atoms with van der Waals surface area (Å²) in [6.45, 7) is 5.78. The quantitative estimate of drug-likeness (QED) is 0.168. The molecule has 45 heavy (non-hydrogen) atoms. The van der Waals surface area contributed by atoms with Crippen molar-refractivity contribution in [2.45, 2.75) is 50.3 Å². The maximum atomic E-state index is 13.7. The van der Waals surface area contributed by atoms with Crippen molar-refractivity contribution in [3.8, 4) is 0 Å². The first-order valence-electron chi connectivity index (χ1n) is 14.4. The van der Waals surface area contributed by atoms with E-state index >= 15 is 0 Å².